The Balaban J connectivity index is 1.69. The van der Waals surface area contributed by atoms with E-state index < -0.39 is 10.0 Å². The van der Waals surface area contributed by atoms with E-state index in [0.29, 0.717) is 11.3 Å². The zero-order valence-electron chi connectivity index (χ0n) is 13.1. The summed E-state index contributed by atoms with van der Waals surface area (Å²) in [5, 5.41) is 2.73. The maximum Gasteiger partial charge on any atom is 0.255 e. The second-order valence-electron chi connectivity index (χ2n) is 5.82. The van der Waals surface area contributed by atoms with E-state index in [-0.39, 0.29) is 16.8 Å². The fourth-order valence-electron chi connectivity index (χ4n) is 2.76. The number of carbonyl (C=O) groups excluding carboxylic acids is 1. The fourth-order valence-corrected chi connectivity index (χ4v) is 4.06. The average Bonchev–Trinajstić information content (AvgIpc) is 3.08. The Morgan fingerprint density at radius 3 is 2.25 bits per heavy atom. The van der Waals surface area contributed by atoms with E-state index in [0.717, 1.165) is 25.7 Å². The molecular weight excluding hydrogens is 326 g/mol. The molecule has 6 nitrogen and oxygen atoms in total. The third kappa shape index (κ3) is 3.98. The monoisotopic (exact) mass is 345 g/mol. The molecule has 2 N–H and O–H groups in total. The third-order valence-electron chi connectivity index (χ3n) is 4.04. The molecular formula is C17H19N3O3S. The number of amides is 1. The summed E-state index contributed by atoms with van der Waals surface area (Å²) in [6.45, 7) is 0. The maximum absolute atomic E-state index is 12.3. The Morgan fingerprint density at radius 2 is 1.62 bits per heavy atom. The summed E-state index contributed by atoms with van der Waals surface area (Å²) in [5.74, 6) is -0.297. The first-order valence-corrected chi connectivity index (χ1v) is 9.37. The molecule has 0 radical (unpaired) electrons. The number of rotatable bonds is 5. The number of nitrogens with zero attached hydrogens (tertiary/aromatic N) is 1. The number of hydrogen-bond donors (Lipinski definition) is 2. The summed E-state index contributed by atoms with van der Waals surface area (Å²) in [7, 11) is -3.54. The van der Waals surface area contributed by atoms with Crippen molar-refractivity contribution in [3.05, 3.63) is 54.4 Å². The molecule has 1 aromatic heterocycles. The minimum Gasteiger partial charge on any atom is -0.322 e. The van der Waals surface area contributed by atoms with Gasteiger partial charge in [0, 0.05) is 29.7 Å². The molecule has 1 amide bonds. The highest BCUT2D eigenvalue weighted by atomic mass is 32.2. The molecule has 2 aromatic rings. The summed E-state index contributed by atoms with van der Waals surface area (Å²) < 4.78 is 27.4. The first-order valence-electron chi connectivity index (χ1n) is 7.88. The van der Waals surface area contributed by atoms with Gasteiger partial charge in [-0.15, -0.1) is 0 Å². The second kappa shape index (κ2) is 7.11. The van der Waals surface area contributed by atoms with Crippen molar-refractivity contribution in [3.63, 3.8) is 0 Å². The van der Waals surface area contributed by atoms with E-state index in [1.54, 1.807) is 24.5 Å². The molecule has 0 aliphatic heterocycles. The standard InChI is InChI=1S/C17H19N3O3S/c21-17(19-14-9-11-18-12-10-14)13-5-7-16(8-6-13)24(22,23)20-15-3-1-2-4-15/h5-12,15,20H,1-4H2,(H,18,19,21). The molecule has 0 unspecified atom stereocenters. The average molecular weight is 345 g/mol. The van der Waals surface area contributed by atoms with Crippen LogP contribution in [0.3, 0.4) is 0 Å². The minimum absolute atomic E-state index is 0.0182. The van der Waals surface area contributed by atoms with Crippen LogP contribution >= 0.6 is 0 Å². The van der Waals surface area contributed by atoms with Crippen molar-refractivity contribution in [1.29, 1.82) is 0 Å². The van der Waals surface area contributed by atoms with Gasteiger partial charge in [-0.3, -0.25) is 9.78 Å². The molecule has 0 atom stereocenters. The summed E-state index contributed by atoms with van der Waals surface area (Å²) >= 11 is 0. The van der Waals surface area contributed by atoms with Gasteiger partial charge in [-0.25, -0.2) is 13.1 Å². The van der Waals surface area contributed by atoms with E-state index in [2.05, 4.69) is 15.0 Å². The largest absolute Gasteiger partial charge is 0.322 e. The van der Waals surface area contributed by atoms with Crippen LogP contribution in [-0.4, -0.2) is 25.4 Å². The van der Waals surface area contributed by atoms with Crippen molar-refractivity contribution in [3.8, 4) is 0 Å². The summed E-state index contributed by atoms with van der Waals surface area (Å²) in [6, 6.07) is 9.33. The number of hydrogen-bond acceptors (Lipinski definition) is 4. The number of sulfonamides is 1. The van der Waals surface area contributed by atoms with Crippen LogP contribution in [0.15, 0.2) is 53.7 Å². The lowest BCUT2D eigenvalue weighted by molar-refractivity contribution is 0.102. The molecule has 0 bridgehead atoms. The zero-order valence-corrected chi connectivity index (χ0v) is 13.9. The van der Waals surface area contributed by atoms with Crippen LogP contribution in [0.5, 0.6) is 0 Å². The van der Waals surface area contributed by atoms with Crippen molar-refractivity contribution >= 4 is 21.6 Å². The smallest absolute Gasteiger partial charge is 0.255 e. The Morgan fingerprint density at radius 1 is 1.00 bits per heavy atom. The van der Waals surface area contributed by atoms with Crippen molar-refractivity contribution in [1.82, 2.24) is 9.71 Å². The number of anilines is 1. The fraction of sp³-hybridized carbons (Fsp3) is 0.294. The van der Waals surface area contributed by atoms with Gasteiger partial charge in [0.15, 0.2) is 0 Å². The molecule has 126 valence electrons. The quantitative estimate of drug-likeness (QED) is 0.872. The van der Waals surface area contributed by atoms with Crippen LogP contribution in [0.2, 0.25) is 0 Å². The normalized spacial score (nSPS) is 15.3. The van der Waals surface area contributed by atoms with Crippen molar-refractivity contribution in [2.45, 2.75) is 36.6 Å². The molecule has 0 saturated heterocycles. The molecule has 1 aromatic carbocycles. The van der Waals surface area contributed by atoms with E-state index in [1.807, 2.05) is 0 Å². The van der Waals surface area contributed by atoms with Crippen LogP contribution in [0, 0.1) is 0 Å². The van der Waals surface area contributed by atoms with Crippen molar-refractivity contribution < 1.29 is 13.2 Å². The molecule has 1 fully saturated rings. The van der Waals surface area contributed by atoms with Gasteiger partial charge in [-0.1, -0.05) is 12.8 Å². The molecule has 1 aliphatic rings. The van der Waals surface area contributed by atoms with Crippen LogP contribution in [-0.2, 0) is 10.0 Å². The second-order valence-corrected chi connectivity index (χ2v) is 7.53. The van der Waals surface area contributed by atoms with E-state index >= 15 is 0 Å². The van der Waals surface area contributed by atoms with E-state index in [4.69, 9.17) is 0 Å². The van der Waals surface area contributed by atoms with Gasteiger partial charge in [0.1, 0.15) is 0 Å². The molecule has 1 heterocycles. The van der Waals surface area contributed by atoms with Crippen LogP contribution < -0.4 is 10.0 Å². The topological polar surface area (TPSA) is 88.2 Å². The molecule has 1 saturated carbocycles. The van der Waals surface area contributed by atoms with Crippen molar-refractivity contribution in [2.24, 2.45) is 0 Å². The van der Waals surface area contributed by atoms with Gasteiger partial charge in [0.05, 0.1) is 4.90 Å². The van der Waals surface area contributed by atoms with Crippen LogP contribution in [0.25, 0.3) is 0 Å². The van der Waals surface area contributed by atoms with Gasteiger partial charge in [-0.2, -0.15) is 0 Å². The van der Waals surface area contributed by atoms with E-state index in [1.165, 1.54) is 24.3 Å². The Hall–Kier alpha value is -2.25. The molecule has 1 aliphatic carbocycles. The Labute approximate surface area is 141 Å². The van der Waals surface area contributed by atoms with Gasteiger partial charge >= 0.3 is 0 Å². The van der Waals surface area contributed by atoms with Gasteiger partial charge in [-0.05, 0) is 49.2 Å². The summed E-state index contributed by atoms with van der Waals surface area (Å²) in [5.41, 5.74) is 1.03. The highest BCUT2D eigenvalue weighted by molar-refractivity contribution is 7.89. The third-order valence-corrected chi connectivity index (χ3v) is 5.58. The van der Waals surface area contributed by atoms with Gasteiger partial charge in [0.2, 0.25) is 10.0 Å². The number of benzene rings is 1. The zero-order chi connectivity index (χ0) is 17.0. The first-order chi connectivity index (χ1) is 11.5. The SMILES string of the molecule is O=C(Nc1ccncc1)c1ccc(S(=O)(=O)NC2CCCC2)cc1. The Bertz CT molecular complexity index is 799. The molecule has 7 heteroatoms. The van der Waals surface area contributed by atoms with E-state index in [9.17, 15) is 13.2 Å². The Kier molecular flexibility index (Phi) is 4.92. The predicted octanol–water partition coefficient (Wildman–Crippen LogP) is 2.55. The predicted molar refractivity (Wildman–Crippen MR) is 91.2 cm³/mol. The lowest BCUT2D eigenvalue weighted by Crippen LogP contribution is -2.32. The molecule has 0 spiro atoms. The highest BCUT2D eigenvalue weighted by Crippen LogP contribution is 2.20. The lowest BCUT2D eigenvalue weighted by Gasteiger charge is -2.12. The number of aromatic nitrogens is 1. The first kappa shape index (κ1) is 16.6. The molecule has 24 heavy (non-hydrogen) atoms. The lowest BCUT2D eigenvalue weighted by atomic mass is 10.2. The highest BCUT2D eigenvalue weighted by Gasteiger charge is 2.23. The van der Waals surface area contributed by atoms with Gasteiger partial charge in [0.25, 0.3) is 5.91 Å². The number of nitrogens with one attached hydrogen (secondary N) is 2. The van der Waals surface area contributed by atoms with Crippen molar-refractivity contribution in [2.75, 3.05) is 5.32 Å². The minimum atomic E-state index is -3.54. The van der Waals surface area contributed by atoms with Crippen LogP contribution in [0.1, 0.15) is 36.0 Å². The summed E-state index contributed by atoms with van der Waals surface area (Å²) in [4.78, 5) is 16.2. The van der Waals surface area contributed by atoms with Crippen LogP contribution in [0.4, 0.5) is 5.69 Å². The number of pyridine rings is 1. The maximum atomic E-state index is 12.3. The molecule has 3 rings (SSSR count). The van der Waals surface area contributed by atoms with Gasteiger partial charge < -0.3 is 5.32 Å². The number of carbonyl (C=O) groups is 1. The summed E-state index contributed by atoms with van der Waals surface area (Å²) in [6.07, 6.45) is 7.04.